The fourth-order valence-corrected chi connectivity index (χ4v) is 2.67. The van der Waals surface area contributed by atoms with Crippen molar-refractivity contribution < 1.29 is 19.4 Å². The van der Waals surface area contributed by atoms with Crippen LogP contribution in [0.2, 0.25) is 0 Å². The number of rotatable bonds is 6. The molecule has 0 atom stereocenters. The van der Waals surface area contributed by atoms with Crippen LogP contribution in [0.25, 0.3) is 17.0 Å². The normalized spacial score (nSPS) is 11.0. The molecule has 136 valence electrons. The van der Waals surface area contributed by atoms with Crippen LogP contribution in [0.3, 0.4) is 0 Å². The van der Waals surface area contributed by atoms with Crippen molar-refractivity contribution in [2.75, 3.05) is 0 Å². The molecule has 2 aromatic carbocycles. The quantitative estimate of drug-likeness (QED) is 0.508. The predicted molar refractivity (Wildman–Crippen MR) is 96.8 cm³/mol. The molecule has 0 saturated heterocycles. The first-order chi connectivity index (χ1) is 13.2. The van der Waals surface area contributed by atoms with E-state index in [0.717, 1.165) is 22.2 Å². The zero-order valence-electron chi connectivity index (χ0n) is 14.2. The van der Waals surface area contributed by atoms with Crippen molar-refractivity contribution in [1.82, 2.24) is 19.7 Å². The molecule has 0 amide bonds. The van der Waals surface area contributed by atoms with E-state index < -0.39 is 6.16 Å². The number of nitrogens with zero attached hydrogens (tertiary/aromatic N) is 3. The Balaban J connectivity index is 1.46. The molecule has 0 aliphatic carbocycles. The largest absolute Gasteiger partial charge is 0.511 e. The first-order valence-electron chi connectivity index (χ1n) is 8.23. The van der Waals surface area contributed by atoms with Crippen molar-refractivity contribution in [3.05, 3.63) is 72.1 Å². The predicted octanol–water partition coefficient (Wildman–Crippen LogP) is 3.52. The van der Waals surface area contributed by atoms with Gasteiger partial charge in [0.2, 0.25) is 5.95 Å². The fraction of sp³-hybridized carbons (Fsp3) is 0.105. The molecule has 0 bridgehead atoms. The number of ether oxygens (including phenoxy) is 2. The molecular formula is C19H16N4O4. The van der Waals surface area contributed by atoms with E-state index in [2.05, 4.69) is 19.8 Å². The van der Waals surface area contributed by atoms with Gasteiger partial charge in [0.1, 0.15) is 0 Å². The van der Waals surface area contributed by atoms with Crippen LogP contribution in [0.4, 0.5) is 4.79 Å². The SMILES string of the molecule is O=C(O)Oc1cnn(-c2nc3cc(COCc4ccccc4)ccc3[nH]2)c1. The highest BCUT2D eigenvalue weighted by molar-refractivity contribution is 5.77. The zero-order chi connectivity index (χ0) is 18.6. The Hall–Kier alpha value is -3.65. The molecule has 0 aliphatic heterocycles. The van der Waals surface area contributed by atoms with Gasteiger partial charge in [-0.15, -0.1) is 0 Å². The maximum Gasteiger partial charge on any atom is 0.511 e. The monoisotopic (exact) mass is 364 g/mol. The number of hydrogen-bond donors (Lipinski definition) is 2. The number of fused-ring (bicyclic) bond motifs is 1. The number of aromatic nitrogens is 4. The number of H-pyrrole nitrogens is 1. The molecule has 4 rings (SSSR count). The summed E-state index contributed by atoms with van der Waals surface area (Å²) in [5.41, 5.74) is 3.74. The zero-order valence-corrected chi connectivity index (χ0v) is 14.2. The van der Waals surface area contributed by atoms with Gasteiger partial charge in [-0.3, -0.25) is 0 Å². The molecule has 27 heavy (non-hydrogen) atoms. The van der Waals surface area contributed by atoms with E-state index in [1.54, 1.807) is 0 Å². The van der Waals surface area contributed by atoms with Crippen LogP contribution in [-0.4, -0.2) is 31.0 Å². The summed E-state index contributed by atoms with van der Waals surface area (Å²) in [5, 5.41) is 12.7. The number of imidazole rings is 1. The molecule has 0 spiro atoms. The number of carbonyl (C=O) groups is 1. The van der Waals surface area contributed by atoms with Crippen molar-refractivity contribution in [3.63, 3.8) is 0 Å². The van der Waals surface area contributed by atoms with Gasteiger partial charge in [-0.05, 0) is 23.3 Å². The third-order valence-corrected chi connectivity index (χ3v) is 3.90. The summed E-state index contributed by atoms with van der Waals surface area (Å²) in [4.78, 5) is 18.2. The maximum absolute atomic E-state index is 10.6. The Morgan fingerprint density at radius 3 is 2.74 bits per heavy atom. The van der Waals surface area contributed by atoms with E-state index in [-0.39, 0.29) is 5.75 Å². The lowest BCUT2D eigenvalue weighted by Crippen LogP contribution is -2.02. The molecule has 0 aliphatic rings. The molecule has 8 heteroatoms. The van der Waals surface area contributed by atoms with Gasteiger partial charge in [-0.1, -0.05) is 36.4 Å². The van der Waals surface area contributed by atoms with Crippen molar-refractivity contribution in [1.29, 1.82) is 0 Å². The standard InChI is InChI=1S/C19H16N4O4/c24-19(25)27-15-9-20-23(10-15)18-21-16-7-6-14(8-17(16)22-18)12-26-11-13-4-2-1-3-5-13/h1-10H,11-12H2,(H,21,22)(H,24,25). The number of aromatic amines is 1. The van der Waals surface area contributed by atoms with E-state index in [1.807, 2.05) is 48.5 Å². The van der Waals surface area contributed by atoms with Gasteiger partial charge in [0.05, 0.1) is 36.6 Å². The van der Waals surface area contributed by atoms with Crippen molar-refractivity contribution in [2.24, 2.45) is 0 Å². The first kappa shape index (κ1) is 16.8. The smallest absolute Gasteiger partial charge is 0.449 e. The highest BCUT2D eigenvalue weighted by atomic mass is 16.7. The number of benzene rings is 2. The lowest BCUT2D eigenvalue weighted by molar-refractivity contribution is 0.107. The highest BCUT2D eigenvalue weighted by Crippen LogP contribution is 2.18. The minimum absolute atomic E-state index is 0.123. The van der Waals surface area contributed by atoms with E-state index in [0.29, 0.717) is 19.2 Å². The van der Waals surface area contributed by atoms with Crippen LogP contribution in [-0.2, 0) is 18.0 Å². The summed E-state index contributed by atoms with van der Waals surface area (Å²) in [6.45, 7) is 1.02. The summed E-state index contributed by atoms with van der Waals surface area (Å²) < 4.78 is 11.7. The molecular weight excluding hydrogens is 348 g/mol. The second-order valence-corrected chi connectivity index (χ2v) is 5.88. The van der Waals surface area contributed by atoms with Gasteiger partial charge < -0.3 is 19.6 Å². The Bertz CT molecular complexity index is 1070. The third-order valence-electron chi connectivity index (χ3n) is 3.90. The average molecular weight is 364 g/mol. The third kappa shape index (κ3) is 3.96. The highest BCUT2D eigenvalue weighted by Gasteiger charge is 2.10. The van der Waals surface area contributed by atoms with Crippen LogP contribution in [0, 0.1) is 0 Å². The molecule has 4 aromatic rings. The second-order valence-electron chi connectivity index (χ2n) is 5.88. The van der Waals surface area contributed by atoms with Crippen LogP contribution in [0.5, 0.6) is 5.75 Å². The minimum atomic E-state index is -1.39. The van der Waals surface area contributed by atoms with Gasteiger partial charge >= 0.3 is 6.16 Å². The molecule has 8 nitrogen and oxygen atoms in total. The molecule has 0 fully saturated rings. The fourth-order valence-electron chi connectivity index (χ4n) is 2.67. The summed E-state index contributed by atoms with van der Waals surface area (Å²) in [5.74, 6) is 0.588. The van der Waals surface area contributed by atoms with E-state index in [4.69, 9.17) is 9.84 Å². The van der Waals surface area contributed by atoms with E-state index >= 15 is 0 Å². The number of nitrogens with one attached hydrogen (secondary N) is 1. The Kier molecular flexibility index (Phi) is 4.54. The summed E-state index contributed by atoms with van der Waals surface area (Å²) in [7, 11) is 0. The van der Waals surface area contributed by atoms with Crippen molar-refractivity contribution in [2.45, 2.75) is 13.2 Å². The molecule has 2 heterocycles. The minimum Gasteiger partial charge on any atom is -0.449 e. The molecule has 0 saturated carbocycles. The lowest BCUT2D eigenvalue weighted by atomic mass is 10.2. The van der Waals surface area contributed by atoms with E-state index in [9.17, 15) is 4.79 Å². The van der Waals surface area contributed by atoms with Gasteiger partial charge in [0.15, 0.2) is 5.75 Å². The topological polar surface area (TPSA) is 102 Å². The van der Waals surface area contributed by atoms with Crippen LogP contribution in [0.15, 0.2) is 60.9 Å². The number of carboxylic acid groups (broad SMARTS) is 1. The summed E-state index contributed by atoms with van der Waals surface area (Å²) in [6, 6.07) is 15.8. The van der Waals surface area contributed by atoms with Crippen molar-refractivity contribution >= 4 is 17.2 Å². The van der Waals surface area contributed by atoms with Crippen LogP contribution < -0.4 is 4.74 Å². The first-order valence-corrected chi connectivity index (χ1v) is 8.23. The molecule has 0 radical (unpaired) electrons. The van der Waals surface area contributed by atoms with Gasteiger partial charge in [-0.25, -0.2) is 14.5 Å². The Morgan fingerprint density at radius 1 is 1.11 bits per heavy atom. The molecule has 0 unspecified atom stereocenters. The van der Waals surface area contributed by atoms with E-state index in [1.165, 1.54) is 17.1 Å². The summed E-state index contributed by atoms with van der Waals surface area (Å²) in [6.07, 6.45) is 1.36. The number of hydrogen-bond acceptors (Lipinski definition) is 5. The van der Waals surface area contributed by atoms with Gasteiger partial charge in [0, 0.05) is 0 Å². The average Bonchev–Trinajstić information content (AvgIpc) is 3.28. The van der Waals surface area contributed by atoms with Crippen molar-refractivity contribution in [3.8, 4) is 11.7 Å². The maximum atomic E-state index is 10.6. The molecule has 2 aromatic heterocycles. The van der Waals surface area contributed by atoms with Gasteiger partial charge in [-0.2, -0.15) is 5.10 Å². The van der Waals surface area contributed by atoms with Crippen LogP contribution >= 0.6 is 0 Å². The molecule has 2 N–H and O–H groups in total. The second kappa shape index (κ2) is 7.30. The Morgan fingerprint density at radius 2 is 1.93 bits per heavy atom. The van der Waals surface area contributed by atoms with Crippen LogP contribution in [0.1, 0.15) is 11.1 Å². The van der Waals surface area contributed by atoms with Gasteiger partial charge in [0.25, 0.3) is 0 Å². The Labute approximate surface area is 154 Å². The summed E-state index contributed by atoms with van der Waals surface area (Å²) >= 11 is 0. The lowest BCUT2D eigenvalue weighted by Gasteiger charge is -2.04.